The third kappa shape index (κ3) is 2.14. The van der Waals surface area contributed by atoms with Gasteiger partial charge in [0.05, 0.1) is 17.2 Å². The van der Waals surface area contributed by atoms with Crippen molar-refractivity contribution in [1.29, 1.82) is 0 Å². The van der Waals surface area contributed by atoms with Crippen LogP contribution in [0.15, 0.2) is 12.1 Å². The molecular formula is C9H8ClFO3. The summed E-state index contributed by atoms with van der Waals surface area (Å²) in [6.07, 6.45) is 0. The van der Waals surface area contributed by atoms with Gasteiger partial charge in [-0.1, -0.05) is 11.6 Å². The number of hydrogen-bond acceptors (Lipinski definition) is 2. The predicted molar refractivity (Wildman–Crippen MR) is 49.5 cm³/mol. The van der Waals surface area contributed by atoms with Crippen LogP contribution >= 0.6 is 11.6 Å². The lowest BCUT2D eigenvalue weighted by molar-refractivity contribution is 0.0696. The average Bonchev–Trinajstić information content (AvgIpc) is 2.12. The van der Waals surface area contributed by atoms with E-state index < -0.39 is 11.8 Å². The number of carbonyl (C=O) groups is 1. The van der Waals surface area contributed by atoms with E-state index in [2.05, 4.69) is 0 Å². The van der Waals surface area contributed by atoms with Gasteiger partial charge in [-0.15, -0.1) is 0 Å². The lowest BCUT2D eigenvalue weighted by Gasteiger charge is -2.06. The smallest absolute Gasteiger partial charge is 0.335 e. The van der Waals surface area contributed by atoms with E-state index in [-0.39, 0.29) is 22.9 Å². The third-order valence-corrected chi connectivity index (χ3v) is 1.82. The summed E-state index contributed by atoms with van der Waals surface area (Å²) in [5.41, 5.74) is -0.0974. The molecule has 0 radical (unpaired) electrons. The van der Waals surface area contributed by atoms with E-state index in [0.717, 1.165) is 12.1 Å². The topological polar surface area (TPSA) is 46.5 Å². The molecule has 1 rings (SSSR count). The monoisotopic (exact) mass is 218 g/mol. The second-order valence-electron chi connectivity index (χ2n) is 2.51. The summed E-state index contributed by atoms with van der Waals surface area (Å²) >= 11 is 5.48. The number of ether oxygens (including phenoxy) is 1. The first-order valence-electron chi connectivity index (χ1n) is 3.91. The van der Waals surface area contributed by atoms with Crippen molar-refractivity contribution >= 4 is 17.6 Å². The number of halogens is 2. The fourth-order valence-electron chi connectivity index (χ4n) is 0.948. The molecule has 3 nitrogen and oxygen atoms in total. The van der Waals surface area contributed by atoms with Crippen LogP contribution in [0.25, 0.3) is 0 Å². The summed E-state index contributed by atoms with van der Waals surface area (Å²) in [5, 5.41) is 8.40. The molecule has 1 N–H and O–H groups in total. The second kappa shape index (κ2) is 4.28. The maximum absolute atomic E-state index is 13.2. The first-order valence-corrected chi connectivity index (χ1v) is 4.29. The molecule has 14 heavy (non-hydrogen) atoms. The Balaban J connectivity index is 3.20. The van der Waals surface area contributed by atoms with Crippen molar-refractivity contribution in [1.82, 2.24) is 0 Å². The molecule has 0 aliphatic carbocycles. The maximum atomic E-state index is 13.2. The molecule has 0 bridgehead atoms. The zero-order valence-corrected chi connectivity index (χ0v) is 8.14. The molecule has 0 fully saturated rings. The summed E-state index contributed by atoms with van der Waals surface area (Å²) in [7, 11) is 0. The molecule has 0 spiro atoms. The molecule has 0 unspecified atom stereocenters. The van der Waals surface area contributed by atoms with Gasteiger partial charge in [0.1, 0.15) is 0 Å². The van der Waals surface area contributed by atoms with E-state index in [4.69, 9.17) is 21.4 Å². The van der Waals surface area contributed by atoms with Gasteiger partial charge in [0, 0.05) is 0 Å². The van der Waals surface area contributed by atoms with Gasteiger partial charge in [0.15, 0.2) is 11.6 Å². The van der Waals surface area contributed by atoms with Crippen molar-refractivity contribution in [3.63, 3.8) is 0 Å². The molecule has 0 aliphatic rings. The highest BCUT2D eigenvalue weighted by Gasteiger charge is 2.13. The lowest BCUT2D eigenvalue weighted by Crippen LogP contribution is -2.01. The number of rotatable bonds is 3. The standard InChI is InChI=1S/C9H8ClFO3/c1-2-14-7-4-5(9(12)13)3-6(10)8(7)11/h3-4H,2H2,1H3,(H,12,13). The van der Waals surface area contributed by atoms with Crippen molar-refractivity contribution in [3.8, 4) is 5.75 Å². The van der Waals surface area contributed by atoms with Gasteiger partial charge < -0.3 is 9.84 Å². The molecule has 5 heteroatoms. The number of carboxylic acid groups (broad SMARTS) is 1. The molecule has 0 amide bonds. The Labute approximate surface area is 85.1 Å². The fourth-order valence-corrected chi connectivity index (χ4v) is 1.16. The van der Waals surface area contributed by atoms with Crippen LogP contribution in [0.2, 0.25) is 5.02 Å². The van der Waals surface area contributed by atoms with Gasteiger partial charge in [-0.3, -0.25) is 0 Å². The van der Waals surface area contributed by atoms with Crippen LogP contribution in [0.1, 0.15) is 17.3 Å². The van der Waals surface area contributed by atoms with Crippen LogP contribution in [0.3, 0.4) is 0 Å². The van der Waals surface area contributed by atoms with Crippen LogP contribution < -0.4 is 4.74 Å². The lowest BCUT2D eigenvalue weighted by atomic mass is 10.2. The zero-order valence-electron chi connectivity index (χ0n) is 7.38. The highest BCUT2D eigenvalue weighted by Crippen LogP contribution is 2.26. The summed E-state index contributed by atoms with van der Waals surface area (Å²) in [6, 6.07) is 2.15. The van der Waals surface area contributed by atoms with Crippen molar-refractivity contribution < 1.29 is 19.0 Å². The van der Waals surface area contributed by atoms with Gasteiger partial charge in [-0.05, 0) is 19.1 Å². The van der Waals surface area contributed by atoms with Crippen molar-refractivity contribution in [2.24, 2.45) is 0 Å². The number of carboxylic acids is 1. The minimum absolute atomic E-state index is 0.0974. The Morgan fingerprint density at radius 3 is 2.79 bits per heavy atom. The molecular weight excluding hydrogens is 211 g/mol. The molecule has 0 heterocycles. The SMILES string of the molecule is CCOc1cc(C(=O)O)cc(Cl)c1F. The Morgan fingerprint density at radius 2 is 2.29 bits per heavy atom. The highest BCUT2D eigenvalue weighted by molar-refractivity contribution is 6.31. The Kier molecular flexibility index (Phi) is 3.30. The number of benzene rings is 1. The predicted octanol–water partition coefficient (Wildman–Crippen LogP) is 2.58. The van der Waals surface area contributed by atoms with Crippen molar-refractivity contribution in [3.05, 3.63) is 28.5 Å². The molecule has 1 aromatic carbocycles. The van der Waals surface area contributed by atoms with Gasteiger partial charge in [-0.2, -0.15) is 0 Å². The quantitative estimate of drug-likeness (QED) is 0.848. The number of aromatic carboxylic acids is 1. The second-order valence-corrected chi connectivity index (χ2v) is 2.92. The Morgan fingerprint density at radius 1 is 1.64 bits per heavy atom. The highest BCUT2D eigenvalue weighted by atomic mass is 35.5. The van der Waals surface area contributed by atoms with Gasteiger partial charge in [0.2, 0.25) is 0 Å². The summed E-state index contributed by atoms with van der Waals surface area (Å²) in [5.74, 6) is -2.05. The van der Waals surface area contributed by atoms with E-state index in [1.165, 1.54) is 0 Å². The van der Waals surface area contributed by atoms with E-state index in [1.807, 2.05) is 0 Å². The zero-order chi connectivity index (χ0) is 10.7. The number of hydrogen-bond donors (Lipinski definition) is 1. The van der Waals surface area contributed by atoms with Gasteiger partial charge in [0.25, 0.3) is 0 Å². The largest absolute Gasteiger partial charge is 0.491 e. The van der Waals surface area contributed by atoms with Crippen LogP contribution in [0.4, 0.5) is 4.39 Å². The molecule has 76 valence electrons. The third-order valence-electron chi connectivity index (χ3n) is 1.54. The van der Waals surface area contributed by atoms with Crippen LogP contribution in [-0.2, 0) is 0 Å². The molecule has 1 aromatic rings. The fraction of sp³-hybridized carbons (Fsp3) is 0.222. The van der Waals surface area contributed by atoms with E-state index >= 15 is 0 Å². The van der Waals surface area contributed by atoms with Gasteiger partial charge >= 0.3 is 5.97 Å². The maximum Gasteiger partial charge on any atom is 0.335 e. The Bertz CT molecular complexity index is 365. The average molecular weight is 219 g/mol. The summed E-state index contributed by atoms with van der Waals surface area (Å²) in [4.78, 5) is 10.6. The molecule has 0 atom stereocenters. The normalized spacial score (nSPS) is 9.93. The Hall–Kier alpha value is -1.29. The molecule has 0 saturated carbocycles. The van der Waals surface area contributed by atoms with Gasteiger partial charge in [-0.25, -0.2) is 9.18 Å². The molecule has 0 aromatic heterocycles. The van der Waals surface area contributed by atoms with Crippen LogP contribution in [-0.4, -0.2) is 17.7 Å². The molecule has 0 aliphatic heterocycles. The first-order chi connectivity index (χ1) is 6.56. The van der Waals surface area contributed by atoms with Crippen molar-refractivity contribution in [2.75, 3.05) is 6.61 Å². The summed E-state index contributed by atoms with van der Waals surface area (Å²) in [6.45, 7) is 1.91. The minimum Gasteiger partial charge on any atom is -0.491 e. The van der Waals surface area contributed by atoms with Crippen LogP contribution in [0, 0.1) is 5.82 Å². The van der Waals surface area contributed by atoms with Crippen molar-refractivity contribution in [2.45, 2.75) is 6.92 Å². The van der Waals surface area contributed by atoms with Crippen LogP contribution in [0.5, 0.6) is 5.75 Å². The molecule has 0 saturated heterocycles. The van der Waals surface area contributed by atoms with E-state index in [9.17, 15) is 9.18 Å². The minimum atomic E-state index is -1.17. The first kappa shape index (κ1) is 10.8. The van der Waals surface area contributed by atoms with E-state index in [0.29, 0.717) is 0 Å². The van der Waals surface area contributed by atoms with E-state index in [1.54, 1.807) is 6.92 Å². The summed E-state index contributed by atoms with van der Waals surface area (Å²) < 4.78 is 18.1.